The summed E-state index contributed by atoms with van der Waals surface area (Å²) in [5.74, 6) is 0.636. The van der Waals surface area contributed by atoms with Crippen molar-refractivity contribution in [3.8, 4) is 0 Å². The Hall–Kier alpha value is -3.65. The summed E-state index contributed by atoms with van der Waals surface area (Å²) < 4.78 is 0. The number of allylic oxidation sites excluding steroid dienone is 1. The normalized spacial score (nSPS) is 24.2. The van der Waals surface area contributed by atoms with Gasteiger partial charge in [-0.1, -0.05) is 109 Å². The van der Waals surface area contributed by atoms with Gasteiger partial charge in [-0.2, -0.15) is 0 Å². The lowest BCUT2D eigenvalue weighted by atomic mass is 9.71. The molecule has 0 saturated carbocycles. The van der Waals surface area contributed by atoms with Gasteiger partial charge in [0.05, 0.1) is 12.0 Å². The molecule has 0 spiro atoms. The van der Waals surface area contributed by atoms with Crippen LogP contribution in [-0.4, -0.2) is 10.8 Å². The number of hydrogen-bond donors (Lipinski definition) is 0. The van der Waals surface area contributed by atoms with E-state index in [0.717, 1.165) is 6.42 Å². The van der Waals surface area contributed by atoms with Gasteiger partial charge in [0.2, 0.25) is 5.91 Å². The zero-order chi connectivity index (χ0) is 22.2. The smallest absolute Gasteiger partial charge is 0.227 e. The standard InChI is InChI=1S/C31H27NO/c33-31-29-27(24-13-5-2-6-14-24)16-9-17-28(29)30(32(31)21-22-10-3-1-4-11-22)26-19-18-23-12-7-8-15-25(23)20-26/h1-15,17-20,27-30H,16,21H2/t27-,28-,29-,30+/m1/s1. The van der Waals surface area contributed by atoms with E-state index in [1.165, 1.54) is 27.5 Å². The lowest BCUT2D eigenvalue weighted by Gasteiger charge is -2.31. The molecule has 0 unspecified atom stereocenters. The zero-order valence-electron chi connectivity index (χ0n) is 18.5. The molecule has 0 N–H and O–H groups in total. The van der Waals surface area contributed by atoms with Crippen LogP contribution in [0.2, 0.25) is 0 Å². The van der Waals surface area contributed by atoms with Crippen LogP contribution < -0.4 is 0 Å². The summed E-state index contributed by atoms with van der Waals surface area (Å²) in [5.41, 5.74) is 3.67. The SMILES string of the molecule is O=C1[C@H]2[C@@H](C=CC[C@@H]2c2ccccc2)[C@H](c2ccc3ccccc3c2)N1Cc1ccccc1. The maximum absolute atomic E-state index is 14.1. The van der Waals surface area contributed by atoms with Crippen LogP contribution in [-0.2, 0) is 11.3 Å². The number of fused-ring (bicyclic) bond motifs is 2. The van der Waals surface area contributed by atoms with E-state index in [-0.39, 0.29) is 29.7 Å². The average molecular weight is 430 g/mol. The monoisotopic (exact) mass is 429 g/mol. The van der Waals surface area contributed by atoms with Gasteiger partial charge in [-0.3, -0.25) is 4.79 Å². The van der Waals surface area contributed by atoms with Gasteiger partial charge in [-0.05, 0) is 45.9 Å². The minimum absolute atomic E-state index is 0.0300. The van der Waals surface area contributed by atoms with Gasteiger partial charge in [-0.15, -0.1) is 0 Å². The maximum atomic E-state index is 14.1. The van der Waals surface area contributed by atoms with Crippen LogP contribution in [0, 0.1) is 11.8 Å². The lowest BCUT2D eigenvalue weighted by molar-refractivity contribution is -0.133. The first-order valence-corrected chi connectivity index (χ1v) is 11.8. The summed E-state index contributed by atoms with van der Waals surface area (Å²) in [6.45, 7) is 0.638. The molecule has 4 atom stereocenters. The second-order valence-electron chi connectivity index (χ2n) is 9.29. The highest BCUT2D eigenvalue weighted by Crippen LogP contribution is 2.52. The number of nitrogens with zero attached hydrogens (tertiary/aromatic N) is 1. The highest BCUT2D eigenvalue weighted by atomic mass is 16.2. The molecule has 6 rings (SSSR count). The second-order valence-corrected chi connectivity index (χ2v) is 9.29. The van der Waals surface area contributed by atoms with Gasteiger partial charge in [0.15, 0.2) is 0 Å². The number of rotatable bonds is 4. The van der Waals surface area contributed by atoms with E-state index >= 15 is 0 Å². The first-order chi connectivity index (χ1) is 16.3. The molecule has 0 aromatic heterocycles. The summed E-state index contributed by atoms with van der Waals surface area (Å²) in [7, 11) is 0. The zero-order valence-corrected chi connectivity index (χ0v) is 18.5. The third-order valence-electron chi connectivity index (χ3n) is 7.40. The van der Waals surface area contributed by atoms with Crippen LogP contribution in [0.1, 0.15) is 35.1 Å². The van der Waals surface area contributed by atoms with E-state index in [9.17, 15) is 4.79 Å². The molecule has 33 heavy (non-hydrogen) atoms. The molecule has 4 aromatic rings. The van der Waals surface area contributed by atoms with Crippen LogP contribution in [0.15, 0.2) is 115 Å². The van der Waals surface area contributed by atoms with E-state index in [1.54, 1.807) is 0 Å². The summed E-state index contributed by atoms with van der Waals surface area (Å²) in [5, 5.41) is 2.46. The number of carbonyl (C=O) groups excluding carboxylic acids is 1. The molecule has 1 saturated heterocycles. The van der Waals surface area contributed by atoms with Gasteiger partial charge in [0.1, 0.15) is 0 Å². The molecule has 2 nitrogen and oxygen atoms in total. The Morgan fingerprint density at radius 2 is 1.42 bits per heavy atom. The number of benzene rings is 4. The third kappa shape index (κ3) is 3.56. The summed E-state index contributed by atoms with van der Waals surface area (Å²) in [6.07, 6.45) is 5.53. The Bertz CT molecular complexity index is 1310. The molecule has 2 aliphatic rings. The molecular formula is C31H27NO. The molecule has 4 aromatic carbocycles. The molecule has 1 fully saturated rings. The molecule has 162 valence electrons. The van der Waals surface area contributed by atoms with E-state index in [4.69, 9.17) is 0 Å². The number of hydrogen-bond acceptors (Lipinski definition) is 1. The van der Waals surface area contributed by atoms with E-state index in [2.05, 4.69) is 114 Å². The molecule has 1 heterocycles. The fourth-order valence-corrected chi connectivity index (χ4v) is 5.89. The predicted octanol–water partition coefficient (Wildman–Crippen LogP) is 6.90. The third-order valence-corrected chi connectivity index (χ3v) is 7.40. The van der Waals surface area contributed by atoms with Gasteiger partial charge >= 0.3 is 0 Å². The van der Waals surface area contributed by atoms with Crippen molar-refractivity contribution in [2.75, 3.05) is 0 Å². The van der Waals surface area contributed by atoms with Crippen LogP contribution in [0.25, 0.3) is 10.8 Å². The van der Waals surface area contributed by atoms with Crippen molar-refractivity contribution >= 4 is 16.7 Å². The Morgan fingerprint density at radius 3 is 2.21 bits per heavy atom. The minimum Gasteiger partial charge on any atom is -0.330 e. The Balaban J connectivity index is 1.46. The molecule has 1 amide bonds. The molecule has 0 bridgehead atoms. The fourth-order valence-electron chi connectivity index (χ4n) is 5.89. The van der Waals surface area contributed by atoms with Crippen molar-refractivity contribution < 1.29 is 4.79 Å². The summed E-state index contributed by atoms with van der Waals surface area (Å²) in [6, 6.07) is 36.2. The van der Waals surface area contributed by atoms with E-state index in [0.29, 0.717) is 6.54 Å². The summed E-state index contributed by atoms with van der Waals surface area (Å²) >= 11 is 0. The number of amides is 1. The Labute approximate surface area is 195 Å². The maximum Gasteiger partial charge on any atom is 0.227 e. The quantitative estimate of drug-likeness (QED) is 0.323. The first-order valence-electron chi connectivity index (χ1n) is 11.8. The minimum atomic E-state index is -0.0300. The van der Waals surface area contributed by atoms with Gasteiger partial charge < -0.3 is 4.90 Å². The first kappa shape index (κ1) is 20.0. The van der Waals surface area contributed by atoms with Crippen LogP contribution >= 0.6 is 0 Å². The molecule has 1 aliphatic heterocycles. The van der Waals surface area contributed by atoms with Crippen molar-refractivity contribution in [2.45, 2.75) is 24.9 Å². The van der Waals surface area contributed by atoms with Gasteiger partial charge in [-0.25, -0.2) is 0 Å². The Kier molecular flexibility index (Phi) is 5.07. The van der Waals surface area contributed by atoms with Crippen molar-refractivity contribution in [3.63, 3.8) is 0 Å². The van der Waals surface area contributed by atoms with Crippen molar-refractivity contribution in [1.29, 1.82) is 0 Å². The van der Waals surface area contributed by atoms with Crippen molar-refractivity contribution in [2.24, 2.45) is 11.8 Å². The Morgan fingerprint density at radius 1 is 0.727 bits per heavy atom. The average Bonchev–Trinajstić information content (AvgIpc) is 3.16. The summed E-state index contributed by atoms with van der Waals surface area (Å²) in [4.78, 5) is 16.2. The van der Waals surface area contributed by atoms with Gasteiger partial charge in [0, 0.05) is 12.5 Å². The van der Waals surface area contributed by atoms with Crippen LogP contribution in [0.3, 0.4) is 0 Å². The molecule has 0 radical (unpaired) electrons. The van der Waals surface area contributed by atoms with Crippen molar-refractivity contribution in [3.05, 3.63) is 132 Å². The highest BCUT2D eigenvalue weighted by molar-refractivity contribution is 5.86. The fraction of sp³-hybridized carbons (Fsp3) is 0.194. The number of carbonyl (C=O) groups is 1. The predicted molar refractivity (Wildman–Crippen MR) is 134 cm³/mol. The highest BCUT2D eigenvalue weighted by Gasteiger charge is 2.51. The largest absolute Gasteiger partial charge is 0.330 e. The van der Waals surface area contributed by atoms with Crippen LogP contribution in [0.4, 0.5) is 0 Å². The van der Waals surface area contributed by atoms with Crippen LogP contribution in [0.5, 0.6) is 0 Å². The van der Waals surface area contributed by atoms with E-state index in [1.807, 2.05) is 6.07 Å². The topological polar surface area (TPSA) is 20.3 Å². The van der Waals surface area contributed by atoms with E-state index < -0.39 is 0 Å². The molecule has 1 aliphatic carbocycles. The lowest BCUT2D eigenvalue weighted by Crippen LogP contribution is -2.30. The second kappa shape index (κ2) is 8.37. The molecular weight excluding hydrogens is 402 g/mol. The number of likely N-dealkylation sites (tertiary alicyclic amines) is 1. The van der Waals surface area contributed by atoms with Gasteiger partial charge in [0.25, 0.3) is 0 Å². The van der Waals surface area contributed by atoms with Crippen molar-refractivity contribution in [1.82, 2.24) is 4.90 Å². The molecule has 2 heteroatoms.